The van der Waals surface area contributed by atoms with E-state index >= 15 is 0 Å². The third-order valence-electron chi connectivity index (χ3n) is 4.08. The minimum Gasteiger partial charge on any atom is -0.375 e. The molecule has 0 unspecified atom stereocenters. The van der Waals surface area contributed by atoms with Crippen molar-refractivity contribution < 1.29 is 4.79 Å². The molecule has 1 saturated heterocycles. The number of halogens is 1. The Morgan fingerprint density at radius 1 is 1.29 bits per heavy atom. The van der Waals surface area contributed by atoms with Gasteiger partial charge in [-0.2, -0.15) is 0 Å². The average Bonchev–Trinajstić information content (AvgIpc) is 2.99. The Hall–Kier alpha value is -1.63. The third kappa shape index (κ3) is 4.47. The fraction of sp³-hybridized carbons (Fsp3) is 0.412. The van der Waals surface area contributed by atoms with Crippen molar-refractivity contribution in [1.29, 1.82) is 0 Å². The molecule has 3 rings (SSSR count). The van der Waals surface area contributed by atoms with Gasteiger partial charge >= 0.3 is 0 Å². The van der Waals surface area contributed by atoms with Crippen molar-refractivity contribution in [3.05, 3.63) is 45.4 Å². The van der Waals surface area contributed by atoms with E-state index in [1.165, 1.54) is 0 Å². The number of carbonyl (C=O) groups is 1. The molecule has 7 heteroatoms. The standard InChI is InChI=1S/C17H21ClN4OS/c1-13-20-14(12-24-13)11-21-6-8-22(9-7-21)17(23)10-19-16-5-3-2-4-15(16)18/h2-5,12,19H,6-11H2,1H3. The molecule has 0 atom stereocenters. The number of nitrogens with zero attached hydrogens (tertiary/aromatic N) is 3. The van der Waals surface area contributed by atoms with Crippen LogP contribution in [0.1, 0.15) is 10.7 Å². The summed E-state index contributed by atoms with van der Waals surface area (Å²) in [5.41, 5.74) is 1.92. The predicted molar refractivity (Wildman–Crippen MR) is 98.6 cm³/mol. The smallest absolute Gasteiger partial charge is 0.241 e. The Morgan fingerprint density at radius 2 is 2.04 bits per heavy atom. The summed E-state index contributed by atoms with van der Waals surface area (Å²) in [6.45, 7) is 6.44. The highest BCUT2D eigenvalue weighted by Gasteiger charge is 2.21. The Balaban J connectivity index is 1.44. The molecule has 1 amide bonds. The molecular weight excluding hydrogens is 344 g/mol. The molecule has 0 bridgehead atoms. The zero-order chi connectivity index (χ0) is 16.9. The van der Waals surface area contributed by atoms with E-state index in [0.717, 1.165) is 49.1 Å². The van der Waals surface area contributed by atoms with Gasteiger partial charge in [0.05, 0.1) is 28.0 Å². The van der Waals surface area contributed by atoms with Gasteiger partial charge in [-0.3, -0.25) is 9.69 Å². The lowest BCUT2D eigenvalue weighted by molar-refractivity contribution is -0.131. The molecule has 0 aliphatic carbocycles. The first kappa shape index (κ1) is 17.2. The quantitative estimate of drug-likeness (QED) is 0.886. The van der Waals surface area contributed by atoms with E-state index < -0.39 is 0 Å². The fourth-order valence-electron chi connectivity index (χ4n) is 2.75. The number of hydrogen-bond donors (Lipinski definition) is 1. The molecule has 128 valence electrons. The minimum atomic E-state index is 0.110. The molecule has 0 radical (unpaired) electrons. The van der Waals surface area contributed by atoms with Crippen LogP contribution in [-0.2, 0) is 11.3 Å². The van der Waals surface area contributed by atoms with Gasteiger partial charge in [0, 0.05) is 38.1 Å². The number of amides is 1. The zero-order valence-corrected chi connectivity index (χ0v) is 15.2. The summed E-state index contributed by atoms with van der Waals surface area (Å²) >= 11 is 7.77. The van der Waals surface area contributed by atoms with Crippen molar-refractivity contribution in [3.63, 3.8) is 0 Å². The number of aromatic nitrogens is 1. The van der Waals surface area contributed by atoms with Crippen molar-refractivity contribution in [3.8, 4) is 0 Å². The van der Waals surface area contributed by atoms with E-state index in [-0.39, 0.29) is 12.5 Å². The van der Waals surface area contributed by atoms with Crippen LogP contribution in [0.2, 0.25) is 5.02 Å². The lowest BCUT2D eigenvalue weighted by Crippen LogP contribution is -2.49. The van der Waals surface area contributed by atoms with Crippen LogP contribution in [0.15, 0.2) is 29.6 Å². The van der Waals surface area contributed by atoms with Crippen molar-refractivity contribution >= 4 is 34.5 Å². The first-order valence-corrected chi connectivity index (χ1v) is 9.27. The van der Waals surface area contributed by atoms with E-state index in [4.69, 9.17) is 11.6 Å². The second kappa shape index (κ2) is 7.96. The van der Waals surface area contributed by atoms with Crippen molar-refractivity contribution in [2.45, 2.75) is 13.5 Å². The molecule has 0 saturated carbocycles. The number of piperazine rings is 1. The van der Waals surface area contributed by atoms with Crippen molar-refractivity contribution in [2.75, 3.05) is 38.0 Å². The van der Waals surface area contributed by atoms with Gasteiger partial charge in [0.15, 0.2) is 0 Å². The summed E-state index contributed by atoms with van der Waals surface area (Å²) < 4.78 is 0. The maximum atomic E-state index is 12.3. The van der Waals surface area contributed by atoms with Gasteiger partial charge in [0.1, 0.15) is 0 Å². The van der Waals surface area contributed by atoms with Gasteiger partial charge in [0.2, 0.25) is 5.91 Å². The summed E-state index contributed by atoms with van der Waals surface area (Å²) in [6.07, 6.45) is 0. The number of para-hydroxylation sites is 1. The highest BCUT2D eigenvalue weighted by atomic mass is 35.5. The van der Waals surface area contributed by atoms with Crippen LogP contribution in [0.5, 0.6) is 0 Å². The van der Waals surface area contributed by atoms with Crippen LogP contribution in [-0.4, -0.2) is 53.4 Å². The number of nitrogens with one attached hydrogen (secondary N) is 1. The molecule has 1 N–H and O–H groups in total. The maximum absolute atomic E-state index is 12.3. The first-order chi connectivity index (χ1) is 11.6. The molecule has 1 aliphatic rings. The van der Waals surface area contributed by atoms with Gasteiger partial charge < -0.3 is 10.2 Å². The third-order valence-corrected chi connectivity index (χ3v) is 5.23. The van der Waals surface area contributed by atoms with Crippen LogP contribution in [0.3, 0.4) is 0 Å². The van der Waals surface area contributed by atoms with E-state index in [1.54, 1.807) is 11.3 Å². The van der Waals surface area contributed by atoms with E-state index in [2.05, 4.69) is 20.6 Å². The number of carbonyl (C=O) groups excluding carboxylic acids is 1. The number of rotatable bonds is 5. The molecule has 1 fully saturated rings. The van der Waals surface area contributed by atoms with Gasteiger partial charge in [-0.05, 0) is 19.1 Å². The minimum absolute atomic E-state index is 0.110. The second-order valence-electron chi connectivity index (χ2n) is 5.85. The Bertz CT molecular complexity index is 697. The van der Waals surface area contributed by atoms with Gasteiger partial charge in [-0.15, -0.1) is 11.3 Å². The van der Waals surface area contributed by atoms with Gasteiger partial charge in [-0.25, -0.2) is 4.98 Å². The van der Waals surface area contributed by atoms with Crippen molar-refractivity contribution in [2.24, 2.45) is 0 Å². The lowest BCUT2D eigenvalue weighted by Gasteiger charge is -2.34. The first-order valence-electron chi connectivity index (χ1n) is 8.01. The summed E-state index contributed by atoms with van der Waals surface area (Å²) in [5, 5.41) is 6.96. The monoisotopic (exact) mass is 364 g/mol. The number of hydrogen-bond acceptors (Lipinski definition) is 5. The van der Waals surface area contributed by atoms with Crippen LogP contribution in [0.4, 0.5) is 5.69 Å². The summed E-state index contributed by atoms with van der Waals surface area (Å²) in [6, 6.07) is 7.47. The van der Waals surface area contributed by atoms with Gasteiger partial charge in [-0.1, -0.05) is 23.7 Å². The molecule has 1 aliphatic heterocycles. The molecule has 5 nitrogen and oxygen atoms in total. The summed E-state index contributed by atoms with van der Waals surface area (Å²) in [5.74, 6) is 0.110. The fourth-order valence-corrected chi connectivity index (χ4v) is 3.56. The van der Waals surface area contributed by atoms with Crippen LogP contribution in [0, 0.1) is 6.92 Å². The number of thiazole rings is 1. The molecule has 24 heavy (non-hydrogen) atoms. The molecule has 2 aromatic rings. The second-order valence-corrected chi connectivity index (χ2v) is 7.32. The summed E-state index contributed by atoms with van der Waals surface area (Å²) in [4.78, 5) is 21.1. The highest BCUT2D eigenvalue weighted by molar-refractivity contribution is 7.09. The number of benzene rings is 1. The Labute approximate surface area is 151 Å². The van der Waals surface area contributed by atoms with Crippen LogP contribution >= 0.6 is 22.9 Å². The molecule has 1 aromatic heterocycles. The molecule has 1 aromatic carbocycles. The van der Waals surface area contributed by atoms with Gasteiger partial charge in [0.25, 0.3) is 0 Å². The number of anilines is 1. The van der Waals surface area contributed by atoms with E-state index in [9.17, 15) is 4.79 Å². The molecule has 0 spiro atoms. The van der Waals surface area contributed by atoms with E-state index in [0.29, 0.717) is 5.02 Å². The normalized spacial score (nSPS) is 15.5. The SMILES string of the molecule is Cc1nc(CN2CCN(C(=O)CNc3ccccc3Cl)CC2)cs1. The highest BCUT2D eigenvalue weighted by Crippen LogP contribution is 2.20. The zero-order valence-electron chi connectivity index (χ0n) is 13.7. The van der Waals surface area contributed by atoms with E-state index in [1.807, 2.05) is 36.1 Å². The Kier molecular flexibility index (Phi) is 5.71. The van der Waals surface area contributed by atoms with Crippen LogP contribution in [0.25, 0.3) is 0 Å². The molecule has 2 heterocycles. The maximum Gasteiger partial charge on any atom is 0.241 e. The van der Waals surface area contributed by atoms with Crippen LogP contribution < -0.4 is 5.32 Å². The number of aryl methyl sites for hydroxylation is 1. The average molecular weight is 365 g/mol. The topological polar surface area (TPSA) is 48.5 Å². The largest absolute Gasteiger partial charge is 0.375 e. The predicted octanol–water partition coefficient (Wildman–Crippen LogP) is 2.86. The Morgan fingerprint density at radius 3 is 2.71 bits per heavy atom. The molecular formula is C17H21ClN4OS. The van der Waals surface area contributed by atoms with Crippen molar-refractivity contribution in [1.82, 2.24) is 14.8 Å². The summed E-state index contributed by atoms with van der Waals surface area (Å²) in [7, 11) is 0. The lowest BCUT2D eigenvalue weighted by atomic mass is 10.3.